The fourth-order valence-electron chi connectivity index (χ4n) is 3.77. The second-order valence-electron chi connectivity index (χ2n) is 7.27. The van der Waals surface area contributed by atoms with Crippen LogP contribution in [0.1, 0.15) is 42.1 Å². The molecule has 1 heterocycles. The molecule has 3 nitrogen and oxygen atoms in total. The number of alkyl halides is 1. The summed E-state index contributed by atoms with van der Waals surface area (Å²) in [5.74, 6) is 0.797. The van der Waals surface area contributed by atoms with Gasteiger partial charge in [-0.2, -0.15) is 0 Å². The highest BCUT2D eigenvalue weighted by molar-refractivity contribution is 6.18. The van der Waals surface area contributed by atoms with Crippen LogP contribution in [0.3, 0.4) is 0 Å². The molecule has 4 heteroatoms. The summed E-state index contributed by atoms with van der Waals surface area (Å²) in [6.07, 6.45) is 1.06. The molecule has 3 rings (SSSR count). The number of anilines is 1. The third-order valence-electron chi connectivity index (χ3n) is 5.43. The largest absolute Gasteiger partial charge is 0.373 e. The summed E-state index contributed by atoms with van der Waals surface area (Å²) in [7, 11) is 0. The first-order valence-corrected chi connectivity index (χ1v) is 10.5. The zero-order valence-electron chi connectivity index (χ0n) is 16.5. The van der Waals surface area contributed by atoms with Crippen LogP contribution in [-0.4, -0.2) is 38.7 Å². The molecule has 1 aliphatic rings. The van der Waals surface area contributed by atoms with E-state index in [9.17, 15) is 0 Å². The molecule has 0 aromatic heterocycles. The summed E-state index contributed by atoms with van der Waals surface area (Å²) in [5.41, 5.74) is 5.11. The molecule has 1 fully saturated rings. The zero-order chi connectivity index (χ0) is 19.1. The maximum Gasteiger partial charge on any atom is 0.0822 e. The molecule has 0 aliphatic carbocycles. The first kappa shape index (κ1) is 20.2. The molecule has 0 spiro atoms. The summed E-state index contributed by atoms with van der Waals surface area (Å²) in [6.45, 7) is 9.22. The van der Waals surface area contributed by atoms with E-state index in [0.29, 0.717) is 12.5 Å². The number of nitrogens with zero attached hydrogens (tertiary/aromatic N) is 1. The number of benzene rings is 2. The van der Waals surface area contributed by atoms with Gasteiger partial charge in [0.15, 0.2) is 0 Å². The van der Waals surface area contributed by atoms with Crippen LogP contribution in [0.4, 0.5) is 5.69 Å². The Morgan fingerprint density at radius 3 is 2.41 bits per heavy atom. The number of piperazine rings is 1. The average Bonchev–Trinajstić information content (AvgIpc) is 2.73. The molecule has 2 atom stereocenters. The lowest BCUT2D eigenvalue weighted by molar-refractivity contribution is 0.0427. The van der Waals surface area contributed by atoms with Crippen molar-refractivity contribution in [2.24, 2.45) is 0 Å². The van der Waals surface area contributed by atoms with Gasteiger partial charge in [0.1, 0.15) is 0 Å². The van der Waals surface area contributed by atoms with Gasteiger partial charge in [-0.1, -0.05) is 43.3 Å². The molecule has 0 bridgehead atoms. The highest BCUT2D eigenvalue weighted by Gasteiger charge is 2.17. The van der Waals surface area contributed by atoms with Crippen LogP contribution in [-0.2, 0) is 4.74 Å². The minimum atomic E-state index is 0.108. The molecular weight excluding hydrogens is 356 g/mol. The second-order valence-corrected chi connectivity index (χ2v) is 7.58. The SMILES string of the molecule is CCC(OCC(CCl)c1ccccc1C)c1ccc(N2CCNCC2)cc1. The van der Waals surface area contributed by atoms with E-state index in [1.807, 2.05) is 0 Å². The third-order valence-corrected chi connectivity index (χ3v) is 5.80. The van der Waals surface area contributed by atoms with Crippen LogP contribution < -0.4 is 10.2 Å². The van der Waals surface area contributed by atoms with Crippen molar-refractivity contribution in [1.82, 2.24) is 5.32 Å². The molecule has 2 aromatic rings. The highest BCUT2D eigenvalue weighted by Crippen LogP contribution is 2.28. The van der Waals surface area contributed by atoms with Gasteiger partial charge in [0, 0.05) is 43.7 Å². The quantitative estimate of drug-likeness (QED) is 0.653. The van der Waals surface area contributed by atoms with Crippen molar-refractivity contribution in [3.63, 3.8) is 0 Å². The number of halogens is 1. The molecule has 1 aliphatic heterocycles. The number of ether oxygens (including phenoxy) is 1. The van der Waals surface area contributed by atoms with Crippen molar-refractivity contribution in [2.75, 3.05) is 43.6 Å². The normalized spacial score (nSPS) is 16.9. The molecule has 1 N–H and O–H groups in total. The van der Waals surface area contributed by atoms with Gasteiger partial charge in [0.05, 0.1) is 12.7 Å². The van der Waals surface area contributed by atoms with E-state index >= 15 is 0 Å². The zero-order valence-corrected chi connectivity index (χ0v) is 17.2. The summed E-state index contributed by atoms with van der Waals surface area (Å²) < 4.78 is 6.32. The van der Waals surface area contributed by atoms with Crippen molar-refractivity contribution >= 4 is 17.3 Å². The predicted octanol–water partition coefficient (Wildman–Crippen LogP) is 4.89. The van der Waals surface area contributed by atoms with Crippen LogP contribution in [0.15, 0.2) is 48.5 Å². The van der Waals surface area contributed by atoms with E-state index in [4.69, 9.17) is 16.3 Å². The lowest BCUT2D eigenvalue weighted by atomic mass is 9.97. The third kappa shape index (κ3) is 5.25. The standard InChI is InChI=1S/C23H31ClN2O/c1-3-23(27-17-20(16-24)22-7-5-4-6-18(22)2)19-8-10-21(11-9-19)26-14-12-25-13-15-26/h4-11,20,23,25H,3,12-17H2,1-2H3. The van der Waals surface area contributed by atoms with Crippen LogP contribution in [0, 0.1) is 6.92 Å². The van der Waals surface area contributed by atoms with Crippen molar-refractivity contribution in [3.8, 4) is 0 Å². The maximum absolute atomic E-state index is 6.32. The van der Waals surface area contributed by atoms with Gasteiger partial charge in [-0.15, -0.1) is 11.6 Å². The fraction of sp³-hybridized carbons (Fsp3) is 0.478. The lowest BCUT2D eigenvalue weighted by Crippen LogP contribution is -2.43. The Morgan fingerprint density at radius 2 is 1.78 bits per heavy atom. The van der Waals surface area contributed by atoms with Crippen LogP contribution in [0.5, 0.6) is 0 Å². The Labute approximate surface area is 168 Å². The second kappa shape index (κ2) is 10.1. The average molecular weight is 387 g/mol. The van der Waals surface area contributed by atoms with Crippen molar-refractivity contribution in [2.45, 2.75) is 32.3 Å². The monoisotopic (exact) mass is 386 g/mol. The van der Waals surface area contributed by atoms with Crippen molar-refractivity contribution in [3.05, 3.63) is 65.2 Å². The molecule has 0 amide bonds. The summed E-state index contributed by atoms with van der Waals surface area (Å²) in [6, 6.07) is 17.3. The number of hydrogen-bond donors (Lipinski definition) is 1. The molecular formula is C23H31ClN2O. The Hall–Kier alpha value is -1.55. The molecule has 27 heavy (non-hydrogen) atoms. The Kier molecular flexibility index (Phi) is 7.57. The van der Waals surface area contributed by atoms with E-state index in [-0.39, 0.29) is 12.0 Å². The van der Waals surface area contributed by atoms with Gasteiger partial charge in [-0.3, -0.25) is 0 Å². The van der Waals surface area contributed by atoms with Gasteiger partial charge in [-0.25, -0.2) is 0 Å². The lowest BCUT2D eigenvalue weighted by Gasteiger charge is -2.30. The van der Waals surface area contributed by atoms with Gasteiger partial charge in [-0.05, 0) is 42.2 Å². The van der Waals surface area contributed by atoms with Gasteiger partial charge in [0.2, 0.25) is 0 Å². The van der Waals surface area contributed by atoms with E-state index in [1.54, 1.807) is 0 Å². The smallest absolute Gasteiger partial charge is 0.0822 e. The van der Waals surface area contributed by atoms with E-state index in [2.05, 4.69) is 72.6 Å². The Bertz CT molecular complexity index is 698. The first-order valence-electron chi connectivity index (χ1n) is 10.0. The van der Waals surface area contributed by atoms with Crippen molar-refractivity contribution < 1.29 is 4.74 Å². The van der Waals surface area contributed by atoms with Gasteiger partial charge in [0.25, 0.3) is 0 Å². The van der Waals surface area contributed by atoms with Gasteiger partial charge >= 0.3 is 0 Å². The first-order chi connectivity index (χ1) is 13.2. The molecule has 2 aromatic carbocycles. The van der Waals surface area contributed by atoms with Crippen LogP contribution in [0.2, 0.25) is 0 Å². The minimum absolute atomic E-state index is 0.108. The van der Waals surface area contributed by atoms with E-state index < -0.39 is 0 Å². The fourth-order valence-corrected chi connectivity index (χ4v) is 4.02. The molecule has 2 unspecified atom stereocenters. The maximum atomic E-state index is 6.32. The van der Waals surface area contributed by atoms with Crippen molar-refractivity contribution in [1.29, 1.82) is 0 Å². The highest BCUT2D eigenvalue weighted by atomic mass is 35.5. The molecule has 0 saturated carbocycles. The summed E-state index contributed by atoms with van der Waals surface area (Å²) >= 11 is 6.26. The van der Waals surface area contributed by atoms with E-state index in [1.165, 1.54) is 22.4 Å². The number of hydrogen-bond acceptors (Lipinski definition) is 3. The van der Waals surface area contributed by atoms with Gasteiger partial charge < -0.3 is 15.0 Å². The summed E-state index contributed by atoms with van der Waals surface area (Å²) in [5, 5.41) is 3.40. The molecule has 1 saturated heterocycles. The molecule has 0 radical (unpaired) electrons. The number of nitrogens with one attached hydrogen (secondary N) is 1. The number of aryl methyl sites for hydroxylation is 1. The predicted molar refractivity (Wildman–Crippen MR) is 115 cm³/mol. The van der Waals surface area contributed by atoms with E-state index in [0.717, 1.165) is 32.6 Å². The number of rotatable bonds is 8. The van der Waals surface area contributed by atoms with Crippen LogP contribution in [0.25, 0.3) is 0 Å². The minimum Gasteiger partial charge on any atom is -0.373 e. The van der Waals surface area contributed by atoms with Crippen LogP contribution >= 0.6 is 11.6 Å². The molecule has 146 valence electrons. The Morgan fingerprint density at radius 1 is 1.07 bits per heavy atom. The topological polar surface area (TPSA) is 24.5 Å². The Balaban J connectivity index is 1.63. The summed E-state index contributed by atoms with van der Waals surface area (Å²) in [4.78, 5) is 2.43.